The first-order valence-corrected chi connectivity index (χ1v) is 11.7. The molecule has 10 nitrogen and oxygen atoms in total. The average Bonchev–Trinajstić information content (AvgIpc) is 3.50. The Hall–Kier alpha value is -4.83. The maximum atomic E-state index is 13.5. The fourth-order valence-corrected chi connectivity index (χ4v) is 4.85. The lowest BCUT2D eigenvalue weighted by molar-refractivity contribution is -0.117. The molecule has 37 heavy (non-hydrogen) atoms. The Bertz CT molecular complexity index is 1550. The van der Waals surface area contributed by atoms with Crippen molar-refractivity contribution in [3.63, 3.8) is 0 Å². The molecule has 1 atom stereocenters. The van der Waals surface area contributed by atoms with E-state index >= 15 is 0 Å². The van der Waals surface area contributed by atoms with Gasteiger partial charge >= 0.3 is 0 Å². The Morgan fingerprint density at radius 1 is 1.00 bits per heavy atom. The number of fused-ring (bicyclic) bond motifs is 5. The van der Waals surface area contributed by atoms with Gasteiger partial charge in [-0.15, -0.1) is 0 Å². The zero-order valence-corrected chi connectivity index (χ0v) is 19.8. The van der Waals surface area contributed by atoms with Crippen LogP contribution in [0.4, 0.5) is 11.4 Å². The maximum absolute atomic E-state index is 13.5. The first-order valence-electron chi connectivity index (χ1n) is 11.7. The van der Waals surface area contributed by atoms with Gasteiger partial charge in [-0.2, -0.15) is 5.10 Å². The van der Waals surface area contributed by atoms with E-state index in [0.717, 1.165) is 0 Å². The highest BCUT2D eigenvalue weighted by molar-refractivity contribution is 6.17. The first kappa shape index (κ1) is 22.6. The predicted molar refractivity (Wildman–Crippen MR) is 135 cm³/mol. The number of anilines is 2. The minimum Gasteiger partial charge on any atom is -0.377 e. The van der Waals surface area contributed by atoms with Crippen molar-refractivity contribution in [1.82, 2.24) is 20.1 Å². The number of H-pyrrole nitrogens is 1. The number of ether oxygens (including phenoxy) is 1. The second-order valence-electron chi connectivity index (χ2n) is 8.75. The molecule has 2 N–H and O–H groups in total. The van der Waals surface area contributed by atoms with Gasteiger partial charge in [0, 0.05) is 29.5 Å². The van der Waals surface area contributed by atoms with Gasteiger partial charge in [0.2, 0.25) is 5.91 Å². The summed E-state index contributed by atoms with van der Waals surface area (Å²) in [4.78, 5) is 47.5. The van der Waals surface area contributed by atoms with Gasteiger partial charge < -0.3 is 15.0 Å². The lowest BCUT2D eigenvalue weighted by Gasteiger charge is -2.40. The average molecular weight is 495 g/mol. The van der Waals surface area contributed by atoms with E-state index in [1.165, 1.54) is 4.90 Å². The number of aromatic nitrogens is 3. The van der Waals surface area contributed by atoms with Gasteiger partial charge in [0.15, 0.2) is 11.6 Å². The van der Waals surface area contributed by atoms with E-state index in [0.29, 0.717) is 51.9 Å². The van der Waals surface area contributed by atoms with E-state index in [2.05, 4.69) is 20.5 Å². The van der Waals surface area contributed by atoms with Crippen molar-refractivity contribution >= 4 is 29.1 Å². The van der Waals surface area contributed by atoms with Crippen LogP contribution in [0, 0.1) is 0 Å². The van der Waals surface area contributed by atoms with Crippen molar-refractivity contribution in [1.29, 1.82) is 0 Å². The van der Waals surface area contributed by atoms with Gasteiger partial charge in [-0.3, -0.25) is 24.4 Å². The summed E-state index contributed by atoms with van der Waals surface area (Å²) in [6.45, 7) is 0.0685. The third-order valence-corrected chi connectivity index (χ3v) is 6.41. The number of carbonyl (C=O) groups excluding carboxylic acids is 3. The van der Waals surface area contributed by atoms with Gasteiger partial charge in [-0.05, 0) is 30.3 Å². The normalized spacial score (nSPS) is 15.9. The van der Waals surface area contributed by atoms with Crippen molar-refractivity contribution in [2.45, 2.75) is 12.8 Å². The predicted octanol–water partition coefficient (Wildman–Crippen LogP) is 3.37. The van der Waals surface area contributed by atoms with Gasteiger partial charge in [0.1, 0.15) is 19.3 Å². The van der Waals surface area contributed by atoms with Gasteiger partial charge in [-0.25, -0.2) is 4.98 Å². The molecule has 0 fully saturated rings. The Kier molecular flexibility index (Phi) is 5.50. The molecule has 3 heterocycles. The maximum Gasteiger partial charge on any atom is 0.260 e. The van der Waals surface area contributed by atoms with Crippen molar-refractivity contribution in [2.75, 3.05) is 23.9 Å². The van der Waals surface area contributed by atoms with Crippen LogP contribution in [0.3, 0.4) is 0 Å². The van der Waals surface area contributed by atoms with Crippen molar-refractivity contribution in [2.24, 2.45) is 0 Å². The van der Waals surface area contributed by atoms with Crippen molar-refractivity contribution < 1.29 is 19.1 Å². The van der Waals surface area contributed by atoms with E-state index in [4.69, 9.17) is 4.74 Å². The molecule has 0 saturated carbocycles. The lowest BCUT2D eigenvalue weighted by Crippen LogP contribution is -2.50. The second-order valence-corrected chi connectivity index (χ2v) is 8.75. The molecule has 6 rings (SSSR count). The molecule has 4 aromatic rings. The molecule has 0 saturated heterocycles. The summed E-state index contributed by atoms with van der Waals surface area (Å²) in [5.41, 5.74) is 3.38. The van der Waals surface area contributed by atoms with Crippen LogP contribution in [0.2, 0.25) is 0 Å². The second kappa shape index (κ2) is 8.99. The van der Waals surface area contributed by atoms with E-state index in [9.17, 15) is 14.4 Å². The number of rotatable bonds is 6. The fourth-order valence-electron chi connectivity index (χ4n) is 4.85. The van der Waals surface area contributed by atoms with Crippen LogP contribution < -0.4 is 10.2 Å². The molecule has 0 bridgehead atoms. The molecule has 2 aliphatic heterocycles. The zero-order chi connectivity index (χ0) is 25.5. The molecular weight excluding hydrogens is 472 g/mol. The van der Waals surface area contributed by atoms with Crippen LogP contribution in [0.1, 0.15) is 38.3 Å². The van der Waals surface area contributed by atoms with Gasteiger partial charge in [-0.1, -0.05) is 42.5 Å². The molecule has 184 valence electrons. The Balaban J connectivity index is 1.28. The van der Waals surface area contributed by atoms with Crippen LogP contribution in [0.5, 0.6) is 0 Å². The standard InChI is InChI=1S/C27H22N6O4/c1-37-15-22-29-24(31-30-22)16-7-6-8-17(13-16)28-23(34)14-32-25-18-9-2-3-10-19(18)27(36)33(25)21-12-5-4-11-20(21)26(32)35/h2-13,25H,14-15H2,1H3,(H,28,34)(H,29,30,31)/t25-/m1/s1. The number of hydrogen-bond donors (Lipinski definition) is 2. The molecule has 0 spiro atoms. The van der Waals surface area contributed by atoms with Crippen LogP contribution in [0.15, 0.2) is 72.8 Å². The third-order valence-electron chi connectivity index (χ3n) is 6.41. The summed E-state index contributed by atoms with van der Waals surface area (Å²) in [6.07, 6.45) is -0.698. The topological polar surface area (TPSA) is 121 Å². The fraction of sp³-hybridized carbons (Fsp3) is 0.148. The summed E-state index contributed by atoms with van der Waals surface area (Å²) < 4.78 is 5.07. The number of aromatic amines is 1. The smallest absolute Gasteiger partial charge is 0.260 e. The highest BCUT2D eigenvalue weighted by Crippen LogP contribution is 2.45. The number of benzene rings is 3. The lowest BCUT2D eigenvalue weighted by atomic mass is 10.0. The highest BCUT2D eigenvalue weighted by atomic mass is 16.5. The van der Waals surface area contributed by atoms with Gasteiger partial charge in [0.05, 0.1) is 11.3 Å². The molecule has 10 heteroatoms. The number of methoxy groups -OCH3 is 1. The monoisotopic (exact) mass is 494 g/mol. The SMILES string of the molecule is COCc1nc(-c2cccc(NC(=O)CN3C(=O)c4ccccc4N4C(=O)c5ccccc5[C@H]34)c2)n[nH]1. The Morgan fingerprint density at radius 2 is 1.78 bits per heavy atom. The minimum absolute atomic E-state index is 0.196. The highest BCUT2D eigenvalue weighted by Gasteiger charge is 2.48. The summed E-state index contributed by atoms with van der Waals surface area (Å²) in [6, 6.07) is 21.3. The first-order chi connectivity index (χ1) is 18.0. The van der Waals surface area contributed by atoms with Crippen molar-refractivity contribution in [3.05, 3.63) is 95.3 Å². The molecule has 2 aliphatic rings. The summed E-state index contributed by atoms with van der Waals surface area (Å²) in [5, 5.41) is 9.88. The molecule has 1 aromatic heterocycles. The quantitative estimate of drug-likeness (QED) is 0.424. The van der Waals surface area contributed by atoms with E-state index < -0.39 is 12.1 Å². The van der Waals surface area contributed by atoms with Crippen LogP contribution in [0.25, 0.3) is 11.4 Å². The van der Waals surface area contributed by atoms with Gasteiger partial charge in [0.25, 0.3) is 11.8 Å². The summed E-state index contributed by atoms with van der Waals surface area (Å²) in [5.74, 6) is 0.167. The zero-order valence-electron chi connectivity index (χ0n) is 19.8. The number of hydrogen-bond acceptors (Lipinski definition) is 6. The summed E-state index contributed by atoms with van der Waals surface area (Å²) in [7, 11) is 1.57. The minimum atomic E-state index is -0.698. The van der Waals surface area contributed by atoms with Crippen LogP contribution in [-0.4, -0.2) is 51.5 Å². The third kappa shape index (κ3) is 3.83. The number of carbonyl (C=O) groups is 3. The summed E-state index contributed by atoms with van der Waals surface area (Å²) >= 11 is 0. The molecule has 0 radical (unpaired) electrons. The molecular formula is C27H22N6O4. The number of para-hydroxylation sites is 1. The van der Waals surface area contributed by atoms with Crippen molar-refractivity contribution in [3.8, 4) is 11.4 Å². The number of amides is 3. The molecule has 0 unspecified atom stereocenters. The number of nitrogens with zero attached hydrogens (tertiary/aromatic N) is 4. The van der Waals surface area contributed by atoms with Crippen LogP contribution >= 0.6 is 0 Å². The van der Waals surface area contributed by atoms with E-state index in [1.807, 2.05) is 18.2 Å². The molecule has 3 amide bonds. The number of nitrogens with one attached hydrogen (secondary N) is 2. The van der Waals surface area contributed by atoms with E-state index in [1.54, 1.807) is 66.6 Å². The van der Waals surface area contributed by atoms with E-state index in [-0.39, 0.29) is 18.4 Å². The Labute approximate surface area is 211 Å². The molecule has 0 aliphatic carbocycles. The molecule has 3 aromatic carbocycles. The Morgan fingerprint density at radius 3 is 2.62 bits per heavy atom. The largest absolute Gasteiger partial charge is 0.377 e. The van der Waals surface area contributed by atoms with Crippen LogP contribution in [-0.2, 0) is 16.1 Å².